The first kappa shape index (κ1) is 14.7. The van der Waals surface area contributed by atoms with Crippen molar-refractivity contribution in [1.82, 2.24) is 15.1 Å². The highest BCUT2D eigenvalue weighted by molar-refractivity contribution is 9.10. The van der Waals surface area contributed by atoms with Crippen molar-refractivity contribution >= 4 is 27.3 Å². The Morgan fingerprint density at radius 1 is 1.58 bits per heavy atom. The predicted molar refractivity (Wildman–Crippen MR) is 81.3 cm³/mol. The third-order valence-corrected chi connectivity index (χ3v) is 4.68. The Bertz CT molecular complexity index is 524. The Morgan fingerprint density at radius 2 is 2.37 bits per heavy atom. The van der Waals surface area contributed by atoms with Crippen LogP contribution in [0.2, 0.25) is 0 Å². The zero-order valence-electron chi connectivity index (χ0n) is 11.1. The second kappa shape index (κ2) is 6.65. The maximum Gasteiger partial charge on any atom is 0.0922 e. The maximum absolute atomic E-state index is 9.99. The smallest absolute Gasteiger partial charge is 0.0922 e. The molecule has 0 radical (unpaired) electrons. The molecule has 2 aromatic rings. The van der Waals surface area contributed by atoms with Crippen molar-refractivity contribution in [2.45, 2.75) is 26.0 Å². The fourth-order valence-corrected chi connectivity index (χ4v) is 3.39. The predicted octanol–water partition coefficient (Wildman–Crippen LogP) is 2.63. The minimum absolute atomic E-state index is 0.455. The second-order valence-corrected chi connectivity index (χ2v) is 5.96. The fraction of sp³-hybridized carbons (Fsp3) is 0.462. The van der Waals surface area contributed by atoms with Gasteiger partial charge in [0.25, 0.3) is 0 Å². The molecule has 0 saturated carbocycles. The lowest BCUT2D eigenvalue weighted by atomic mass is 10.2. The molecule has 6 heteroatoms. The molecule has 0 spiro atoms. The number of aryl methyl sites for hydroxylation is 2. The van der Waals surface area contributed by atoms with E-state index in [2.05, 4.69) is 33.3 Å². The normalized spacial score (nSPS) is 12.8. The number of halogens is 1. The maximum atomic E-state index is 9.99. The molecule has 0 aliphatic rings. The van der Waals surface area contributed by atoms with Crippen molar-refractivity contribution in [1.29, 1.82) is 0 Å². The van der Waals surface area contributed by atoms with Gasteiger partial charge < -0.3 is 10.4 Å². The highest BCUT2D eigenvalue weighted by Crippen LogP contribution is 2.21. The van der Waals surface area contributed by atoms with Crippen LogP contribution < -0.4 is 5.32 Å². The molecule has 19 heavy (non-hydrogen) atoms. The Morgan fingerprint density at radius 3 is 2.95 bits per heavy atom. The van der Waals surface area contributed by atoms with Gasteiger partial charge in [0.1, 0.15) is 0 Å². The zero-order chi connectivity index (χ0) is 13.8. The van der Waals surface area contributed by atoms with Gasteiger partial charge in [-0.25, -0.2) is 0 Å². The average molecular weight is 344 g/mol. The van der Waals surface area contributed by atoms with Gasteiger partial charge in [0.05, 0.1) is 22.0 Å². The molecular weight excluding hydrogens is 326 g/mol. The highest BCUT2D eigenvalue weighted by atomic mass is 79.9. The van der Waals surface area contributed by atoms with E-state index in [0.717, 1.165) is 27.8 Å². The summed E-state index contributed by atoms with van der Waals surface area (Å²) in [6.07, 6.45) is 0.454. The number of aliphatic hydroxyl groups excluding tert-OH is 1. The van der Waals surface area contributed by atoms with Crippen LogP contribution in [0.3, 0.4) is 0 Å². The number of hydrogen-bond donors (Lipinski definition) is 2. The van der Waals surface area contributed by atoms with Crippen LogP contribution in [0.15, 0.2) is 21.3 Å². The molecule has 2 heterocycles. The summed E-state index contributed by atoms with van der Waals surface area (Å²) < 4.78 is 2.95. The van der Waals surface area contributed by atoms with Gasteiger partial charge in [-0.05, 0) is 44.7 Å². The van der Waals surface area contributed by atoms with Crippen molar-refractivity contribution in [2.75, 3.05) is 6.54 Å². The van der Waals surface area contributed by atoms with Crippen LogP contribution in [0.1, 0.15) is 30.0 Å². The van der Waals surface area contributed by atoms with Crippen molar-refractivity contribution in [3.8, 4) is 0 Å². The molecule has 0 fully saturated rings. The molecule has 2 N–H and O–H groups in total. The van der Waals surface area contributed by atoms with Gasteiger partial charge in [-0.15, -0.1) is 0 Å². The van der Waals surface area contributed by atoms with Gasteiger partial charge in [0.2, 0.25) is 0 Å². The molecule has 1 unspecified atom stereocenters. The van der Waals surface area contributed by atoms with E-state index in [0.29, 0.717) is 13.1 Å². The first-order valence-electron chi connectivity index (χ1n) is 6.24. The average Bonchev–Trinajstić information content (AvgIpc) is 3.01. The molecule has 0 aromatic carbocycles. The minimum Gasteiger partial charge on any atom is -0.387 e. The van der Waals surface area contributed by atoms with E-state index in [-0.39, 0.29) is 0 Å². The molecule has 1 atom stereocenters. The fourth-order valence-electron chi connectivity index (χ4n) is 1.92. The monoisotopic (exact) mass is 343 g/mol. The van der Waals surface area contributed by atoms with Gasteiger partial charge >= 0.3 is 0 Å². The van der Waals surface area contributed by atoms with Crippen LogP contribution in [0.5, 0.6) is 0 Å². The van der Waals surface area contributed by atoms with Gasteiger partial charge in [0.15, 0.2) is 0 Å². The number of nitrogens with zero attached hydrogens (tertiary/aromatic N) is 2. The van der Waals surface area contributed by atoms with Crippen molar-refractivity contribution in [3.05, 3.63) is 38.3 Å². The van der Waals surface area contributed by atoms with Crippen LogP contribution in [-0.4, -0.2) is 21.4 Å². The summed E-state index contributed by atoms with van der Waals surface area (Å²) in [6.45, 7) is 3.31. The summed E-state index contributed by atoms with van der Waals surface area (Å²) in [7, 11) is 1.94. The summed E-state index contributed by atoms with van der Waals surface area (Å²) in [6, 6.07) is 1.95. The second-order valence-electron chi connectivity index (χ2n) is 4.39. The van der Waals surface area contributed by atoms with Gasteiger partial charge in [0, 0.05) is 20.1 Å². The van der Waals surface area contributed by atoms with Gasteiger partial charge in [-0.3, -0.25) is 4.68 Å². The summed E-state index contributed by atoms with van der Waals surface area (Å²) >= 11 is 5.18. The van der Waals surface area contributed by atoms with E-state index in [1.165, 1.54) is 0 Å². The van der Waals surface area contributed by atoms with Gasteiger partial charge in [-0.2, -0.15) is 16.4 Å². The zero-order valence-corrected chi connectivity index (χ0v) is 13.5. The van der Waals surface area contributed by atoms with E-state index in [1.54, 1.807) is 11.3 Å². The van der Waals surface area contributed by atoms with Crippen LogP contribution in [-0.2, 0) is 20.0 Å². The number of thiophene rings is 1. The number of aliphatic hydroxyl groups is 1. The van der Waals surface area contributed by atoms with E-state index in [9.17, 15) is 5.11 Å². The third kappa shape index (κ3) is 3.45. The van der Waals surface area contributed by atoms with Crippen LogP contribution in [0.25, 0.3) is 0 Å². The molecular formula is C13H18BrN3OS. The van der Waals surface area contributed by atoms with Crippen molar-refractivity contribution in [2.24, 2.45) is 7.05 Å². The Kier molecular flexibility index (Phi) is 5.15. The van der Waals surface area contributed by atoms with Crippen molar-refractivity contribution < 1.29 is 5.11 Å². The lowest BCUT2D eigenvalue weighted by Gasteiger charge is -2.11. The molecule has 0 aliphatic heterocycles. The van der Waals surface area contributed by atoms with Crippen LogP contribution >= 0.6 is 27.3 Å². The standard InChI is InChI=1S/C13H18BrN3OS/c1-3-10-13(14)11(17(2)16-10)6-15-7-12(18)9-4-5-19-8-9/h4-5,8,12,15,18H,3,6-7H2,1-2H3. The van der Waals surface area contributed by atoms with Crippen LogP contribution in [0.4, 0.5) is 0 Å². The quantitative estimate of drug-likeness (QED) is 0.847. The number of rotatable bonds is 6. The Labute approximate surface area is 125 Å². The topological polar surface area (TPSA) is 50.1 Å². The molecule has 4 nitrogen and oxygen atoms in total. The first-order chi connectivity index (χ1) is 9.13. The lowest BCUT2D eigenvalue weighted by molar-refractivity contribution is 0.174. The highest BCUT2D eigenvalue weighted by Gasteiger charge is 2.13. The molecule has 104 valence electrons. The van der Waals surface area contributed by atoms with E-state index in [1.807, 2.05) is 28.6 Å². The van der Waals surface area contributed by atoms with Gasteiger partial charge in [-0.1, -0.05) is 6.92 Å². The SMILES string of the molecule is CCc1nn(C)c(CNCC(O)c2ccsc2)c1Br. The Hall–Kier alpha value is -0.690. The summed E-state index contributed by atoms with van der Waals surface area (Å²) in [5.74, 6) is 0. The number of hydrogen-bond acceptors (Lipinski definition) is 4. The molecule has 2 aromatic heterocycles. The molecule has 0 saturated heterocycles. The van der Waals surface area contributed by atoms with E-state index < -0.39 is 6.10 Å². The first-order valence-corrected chi connectivity index (χ1v) is 7.98. The minimum atomic E-state index is -0.455. The van der Waals surface area contributed by atoms with E-state index >= 15 is 0 Å². The van der Waals surface area contributed by atoms with Crippen LogP contribution in [0, 0.1) is 0 Å². The lowest BCUT2D eigenvalue weighted by Crippen LogP contribution is -2.22. The number of nitrogens with one attached hydrogen (secondary N) is 1. The molecule has 0 bridgehead atoms. The third-order valence-electron chi connectivity index (χ3n) is 3.06. The number of aromatic nitrogens is 2. The summed E-state index contributed by atoms with van der Waals surface area (Å²) in [4.78, 5) is 0. The van der Waals surface area contributed by atoms with Crippen molar-refractivity contribution in [3.63, 3.8) is 0 Å². The Balaban J connectivity index is 1.91. The largest absolute Gasteiger partial charge is 0.387 e. The molecule has 0 aliphatic carbocycles. The summed E-state index contributed by atoms with van der Waals surface area (Å²) in [5, 5.41) is 21.7. The summed E-state index contributed by atoms with van der Waals surface area (Å²) in [5.41, 5.74) is 3.14. The molecule has 0 amide bonds. The molecule has 2 rings (SSSR count). The van der Waals surface area contributed by atoms with E-state index in [4.69, 9.17) is 0 Å².